The fourth-order valence-electron chi connectivity index (χ4n) is 1.70. The molecule has 0 spiro atoms. The van der Waals surface area contributed by atoms with E-state index in [1.807, 2.05) is 0 Å². The molecule has 1 N–H and O–H groups in total. The normalized spacial score (nSPS) is 9.96. The van der Waals surface area contributed by atoms with E-state index in [-0.39, 0.29) is 29.6 Å². The SMILES string of the molecule is C=CCC(=O)Nc1ccc(Oc2ncc(C)cc2[N+](=O)[O-])cn1. The van der Waals surface area contributed by atoms with Crippen LogP contribution < -0.4 is 10.1 Å². The minimum atomic E-state index is -0.563. The molecule has 0 aliphatic rings. The second kappa shape index (κ2) is 7.12. The van der Waals surface area contributed by atoms with Gasteiger partial charge < -0.3 is 10.1 Å². The van der Waals surface area contributed by atoms with Gasteiger partial charge >= 0.3 is 5.69 Å². The molecule has 0 saturated carbocycles. The van der Waals surface area contributed by atoms with Crippen LogP contribution in [0.4, 0.5) is 11.5 Å². The zero-order chi connectivity index (χ0) is 16.8. The summed E-state index contributed by atoms with van der Waals surface area (Å²) in [6.07, 6.45) is 4.48. The maximum atomic E-state index is 11.4. The molecule has 0 saturated heterocycles. The second-order valence-electron chi connectivity index (χ2n) is 4.62. The summed E-state index contributed by atoms with van der Waals surface area (Å²) in [5.41, 5.74) is 0.427. The number of hydrogen-bond acceptors (Lipinski definition) is 6. The van der Waals surface area contributed by atoms with Crippen molar-refractivity contribution in [3.8, 4) is 11.6 Å². The van der Waals surface area contributed by atoms with Gasteiger partial charge in [-0.15, -0.1) is 6.58 Å². The third kappa shape index (κ3) is 4.34. The fraction of sp³-hybridized carbons (Fsp3) is 0.133. The van der Waals surface area contributed by atoms with Gasteiger partial charge in [0.1, 0.15) is 11.6 Å². The zero-order valence-corrected chi connectivity index (χ0v) is 12.4. The number of nitro groups is 1. The highest BCUT2D eigenvalue weighted by molar-refractivity contribution is 5.90. The predicted molar refractivity (Wildman–Crippen MR) is 83.4 cm³/mol. The molecule has 0 unspecified atom stereocenters. The van der Waals surface area contributed by atoms with Crippen LogP contribution in [0.15, 0.2) is 43.2 Å². The lowest BCUT2D eigenvalue weighted by atomic mass is 10.3. The summed E-state index contributed by atoms with van der Waals surface area (Å²) in [4.78, 5) is 29.8. The Labute approximate surface area is 132 Å². The highest BCUT2D eigenvalue weighted by atomic mass is 16.6. The Balaban J connectivity index is 2.14. The van der Waals surface area contributed by atoms with Crippen LogP contribution in [0, 0.1) is 17.0 Å². The average Bonchev–Trinajstić information content (AvgIpc) is 2.51. The van der Waals surface area contributed by atoms with Crippen molar-refractivity contribution < 1.29 is 14.5 Å². The van der Waals surface area contributed by atoms with Crippen LogP contribution >= 0.6 is 0 Å². The molecule has 2 rings (SSSR count). The summed E-state index contributed by atoms with van der Waals surface area (Å²) >= 11 is 0. The number of pyridine rings is 2. The molecule has 2 aromatic rings. The van der Waals surface area contributed by atoms with E-state index in [0.29, 0.717) is 11.4 Å². The minimum Gasteiger partial charge on any atom is -0.432 e. The molecule has 0 aromatic carbocycles. The number of nitrogens with zero attached hydrogens (tertiary/aromatic N) is 3. The van der Waals surface area contributed by atoms with Crippen molar-refractivity contribution in [3.63, 3.8) is 0 Å². The number of anilines is 1. The highest BCUT2D eigenvalue weighted by Gasteiger charge is 2.18. The molecule has 0 aliphatic heterocycles. The Morgan fingerprint density at radius 1 is 1.43 bits per heavy atom. The molecule has 0 aliphatic carbocycles. The first-order valence-electron chi connectivity index (χ1n) is 6.65. The van der Waals surface area contributed by atoms with Gasteiger partial charge in [0.25, 0.3) is 5.88 Å². The standard InChI is InChI=1S/C15H14N4O4/c1-3-4-14(20)18-13-6-5-11(9-16-13)23-15-12(19(21)22)7-10(2)8-17-15/h3,5-9H,1,4H2,2H3,(H,16,18,20). The number of amides is 1. The number of carbonyl (C=O) groups is 1. The van der Waals surface area contributed by atoms with Gasteiger partial charge in [-0.25, -0.2) is 9.97 Å². The first kappa shape index (κ1) is 16.1. The summed E-state index contributed by atoms with van der Waals surface area (Å²) in [5.74, 6) is 0.254. The topological polar surface area (TPSA) is 107 Å². The predicted octanol–water partition coefficient (Wildman–Crippen LogP) is 3.00. The molecule has 0 atom stereocenters. The van der Waals surface area contributed by atoms with Gasteiger partial charge in [-0.2, -0.15) is 0 Å². The van der Waals surface area contributed by atoms with Crippen molar-refractivity contribution in [3.05, 3.63) is 58.9 Å². The average molecular weight is 314 g/mol. The van der Waals surface area contributed by atoms with E-state index in [4.69, 9.17) is 4.74 Å². The van der Waals surface area contributed by atoms with Gasteiger partial charge in [0.05, 0.1) is 11.1 Å². The third-order valence-corrected chi connectivity index (χ3v) is 2.71. The van der Waals surface area contributed by atoms with Crippen LogP contribution in [0.25, 0.3) is 0 Å². The fourth-order valence-corrected chi connectivity index (χ4v) is 1.70. The maximum absolute atomic E-state index is 11.4. The van der Waals surface area contributed by atoms with E-state index in [1.54, 1.807) is 6.92 Å². The molecule has 0 bridgehead atoms. The molecule has 1 amide bonds. The first-order chi connectivity index (χ1) is 11.0. The maximum Gasteiger partial charge on any atom is 0.331 e. The number of nitrogens with one attached hydrogen (secondary N) is 1. The molecule has 8 heteroatoms. The van der Waals surface area contributed by atoms with Crippen molar-refractivity contribution in [2.75, 3.05) is 5.32 Å². The van der Waals surface area contributed by atoms with Crippen LogP contribution in [0.5, 0.6) is 11.6 Å². The summed E-state index contributed by atoms with van der Waals surface area (Å²) in [6.45, 7) is 5.17. The Kier molecular flexibility index (Phi) is 4.98. The summed E-state index contributed by atoms with van der Waals surface area (Å²) in [6, 6.07) is 4.43. The number of aromatic nitrogens is 2. The lowest BCUT2D eigenvalue weighted by Crippen LogP contribution is -2.10. The van der Waals surface area contributed by atoms with E-state index in [9.17, 15) is 14.9 Å². The van der Waals surface area contributed by atoms with Gasteiger partial charge in [0.2, 0.25) is 5.91 Å². The van der Waals surface area contributed by atoms with Crippen LogP contribution in [-0.2, 0) is 4.79 Å². The first-order valence-corrected chi connectivity index (χ1v) is 6.65. The van der Waals surface area contributed by atoms with Gasteiger partial charge in [-0.3, -0.25) is 14.9 Å². The van der Waals surface area contributed by atoms with Crippen molar-refractivity contribution in [2.45, 2.75) is 13.3 Å². The minimum absolute atomic E-state index is 0.120. The third-order valence-electron chi connectivity index (χ3n) is 2.71. The lowest BCUT2D eigenvalue weighted by Gasteiger charge is -2.07. The Hall–Kier alpha value is -3.29. The molecule has 2 heterocycles. The van der Waals surface area contributed by atoms with E-state index in [2.05, 4.69) is 21.9 Å². The Bertz CT molecular complexity index is 744. The smallest absolute Gasteiger partial charge is 0.331 e. The zero-order valence-electron chi connectivity index (χ0n) is 12.4. The molecule has 0 fully saturated rings. The number of hydrogen-bond donors (Lipinski definition) is 1. The van der Waals surface area contributed by atoms with Crippen LogP contribution in [0.3, 0.4) is 0 Å². The largest absolute Gasteiger partial charge is 0.432 e. The van der Waals surface area contributed by atoms with Crippen LogP contribution in [0.2, 0.25) is 0 Å². The van der Waals surface area contributed by atoms with Crippen LogP contribution in [0.1, 0.15) is 12.0 Å². The van der Waals surface area contributed by atoms with Gasteiger partial charge in [0.15, 0.2) is 0 Å². The Morgan fingerprint density at radius 2 is 2.22 bits per heavy atom. The van der Waals surface area contributed by atoms with Crippen molar-refractivity contribution >= 4 is 17.4 Å². The van der Waals surface area contributed by atoms with E-state index in [1.165, 1.54) is 36.7 Å². The van der Waals surface area contributed by atoms with Gasteiger partial charge in [-0.05, 0) is 24.6 Å². The summed E-state index contributed by atoms with van der Waals surface area (Å²) < 4.78 is 5.39. The molecule has 118 valence electrons. The number of aryl methyl sites for hydroxylation is 1. The number of rotatable bonds is 6. The van der Waals surface area contributed by atoms with E-state index in [0.717, 1.165) is 0 Å². The van der Waals surface area contributed by atoms with E-state index < -0.39 is 4.92 Å². The van der Waals surface area contributed by atoms with Crippen molar-refractivity contribution in [1.82, 2.24) is 9.97 Å². The van der Waals surface area contributed by atoms with Crippen LogP contribution in [-0.4, -0.2) is 20.8 Å². The highest BCUT2D eigenvalue weighted by Crippen LogP contribution is 2.29. The second-order valence-corrected chi connectivity index (χ2v) is 4.62. The lowest BCUT2D eigenvalue weighted by molar-refractivity contribution is -0.386. The van der Waals surface area contributed by atoms with Crippen molar-refractivity contribution in [2.24, 2.45) is 0 Å². The van der Waals surface area contributed by atoms with Crippen molar-refractivity contribution in [1.29, 1.82) is 0 Å². The molecule has 0 radical (unpaired) electrons. The molecular formula is C15H14N4O4. The number of carbonyl (C=O) groups excluding carboxylic acids is 1. The molecule has 8 nitrogen and oxygen atoms in total. The summed E-state index contributed by atoms with van der Waals surface area (Å²) in [5, 5.41) is 13.6. The monoisotopic (exact) mass is 314 g/mol. The summed E-state index contributed by atoms with van der Waals surface area (Å²) in [7, 11) is 0. The van der Waals surface area contributed by atoms with E-state index >= 15 is 0 Å². The quantitative estimate of drug-likeness (QED) is 0.499. The molecule has 23 heavy (non-hydrogen) atoms. The molecule has 2 aromatic heterocycles. The van der Waals surface area contributed by atoms with Gasteiger partial charge in [0, 0.05) is 18.7 Å². The molecular weight excluding hydrogens is 300 g/mol. The van der Waals surface area contributed by atoms with Gasteiger partial charge in [-0.1, -0.05) is 6.08 Å². The Morgan fingerprint density at radius 3 is 2.83 bits per heavy atom. The number of ether oxygens (including phenoxy) is 1.